The van der Waals surface area contributed by atoms with E-state index >= 15 is 0 Å². The van der Waals surface area contributed by atoms with Crippen molar-refractivity contribution in [2.24, 2.45) is 5.41 Å². The van der Waals surface area contributed by atoms with Crippen molar-refractivity contribution < 1.29 is 0 Å². The first kappa shape index (κ1) is 13.6. The van der Waals surface area contributed by atoms with Crippen molar-refractivity contribution in [2.75, 3.05) is 0 Å². The lowest BCUT2D eigenvalue weighted by Crippen LogP contribution is -2.02. The molecule has 0 N–H and O–H groups in total. The highest BCUT2D eigenvalue weighted by Crippen LogP contribution is 2.37. The number of hydrogen-bond acceptors (Lipinski definition) is 2. The molecule has 0 nitrogen and oxygen atoms in total. The van der Waals surface area contributed by atoms with E-state index < -0.39 is 0 Å². The number of aryl methyl sites for hydroxylation is 2. The highest BCUT2D eigenvalue weighted by Gasteiger charge is 2.16. The molecule has 0 aliphatic carbocycles. The first-order valence-electron chi connectivity index (χ1n) is 6.20. The number of allylic oxidation sites excluding steroid dienone is 1. The minimum atomic E-state index is 0.197. The Hall–Kier alpha value is -0.860. The van der Waals surface area contributed by atoms with Crippen LogP contribution in [0, 0.1) is 19.3 Å². The molecule has 2 rings (SSSR count). The van der Waals surface area contributed by atoms with Crippen LogP contribution in [0.5, 0.6) is 0 Å². The molecule has 2 heterocycles. The predicted molar refractivity (Wildman–Crippen MR) is 84.6 cm³/mol. The normalized spacial score (nSPS) is 11.6. The van der Waals surface area contributed by atoms with E-state index in [2.05, 4.69) is 63.6 Å². The van der Waals surface area contributed by atoms with Crippen molar-refractivity contribution in [1.29, 1.82) is 0 Å². The van der Waals surface area contributed by atoms with E-state index in [0.717, 1.165) is 0 Å². The van der Waals surface area contributed by atoms with Gasteiger partial charge in [0.05, 0.1) is 0 Å². The zero-order chi connectivity index (χ0) is 13.3. The molecule has 0 saturated carbocycles. The molecular formula is C16H20S2. The maximum atomic E-state index is 2.41. The molecule has 0 aliphatic heterocycles. The van der Waals surface area contributed by atoms with Gasteiger partial charge < -0.3 is 0 Å². The Morgan fingerprint density at radius 3 is 1.67 bits per heavy atom. The van der Waals surface area contributed by atoms with Gasteiger partial charge in [0.25, 0.3) is 0 Å². The standard InChI is InChI=1S/C16H20S2/c1-11-6-8-17-14(11)13(10-16(3,4)5)15-12(2)7-9-18-15/h6-10H,1-5H3. The molecule has 2 aromatic rings. The number of rotatable bonds is 2. The first-order valence-corrected chi connectivity index (χ1v) is 7.96. The monoisotopic (exact) mass is 276 g/mol. The molecule has 18 heavy (non-hydrogen) atoms. The van der Waals surface area contributed by atoms with Crippen LogP contribution in [-0.2, 0) is 0 Å². The molecule has 0 spiro atoms. The summed E-state index contributed by atoms with van der Waals surface area (Å²) in [5.41, 5.74) is 4.36. The second-order valence-corrected chi connectivity index (χ2v) is 7.62. The van der Waals surface area contributed by atoms with E-state index in [-0.39, 0.29) is 5.41 Å². The summed E-state index contributed by atoms with van der Waals surface area (Å²) in [6.45, 7) is 11.2. The average molecular weight is 276 g/mol. The van der Waals surface area contributed by atoms with Gasteiger partial charge in [-0.2, -0.15) is 0 Å². The fraction of sp³-hybridized carbons (Fsp3) is 0.375. The summed E-state index contributed by atoms with van der Waals surface area (Å²) in [6.07, 6.45) is 2.41. The fourth-order valence-corrected chi connectivity index (χ4v) is 3.93. The molecule has 0 aliphatic rings. The van der Waals surface area contributed by atoms with Crippen LogP contribution in [0.3, 0.4) is 0 Å². The van der Waals surface area contributed by atoms with E-state index in [1.165, 1.54) is 26.5 Å². The SMILES string of the molecule is Cc1ccsc1C(=CC(C)(C)C)c1sccc1C. The molecular weight excluding hydrogens is 256 g/mol. The van der Waals surface area contributed by atoms with Crippen LogP contribution < -0.4 is 0 Å². The van der Waals surface area contributed by atoms with Crippen molar-refractivity contribution in [3.05, 3.63) is 49.9 Å². The van der Waals surface area contributed by atoms with Crippen LogP contribution in [-0.4, -0.2) is 0 Å². The second-order valence-electron chi connectivity index (χ2n) is 5.79. The summed E-state index contributed by atoms with van der Waals surface area (Å²) in [7, 11) is 0. The Kier molecular flexibility index (Phi) is 3.79. The molecule has 0 unspecified atom stereocenters. The topological polar surface area (TPSA) is 0 Å². The van der Waals surface area contributed by atoms with Gasteiger partial charge >= 0.3 is 0 Å². The summed E-state index contributed by atoms with van der Waals surface area (Å²) < 4.78 is 0. The van der Waals surface area contributed by atoms with Gasteiger partial charge in [-0.3, -0.25) is 0 Å². The van der Waals surface area contributed by atoms with Crippen molar-refractivity contribution in [1.82, 2.24) is 0 Å². The molecule has 0 amide bonds. The number of thiophene rings is 2. The van der Waals surface area contributed by atoms with Crippen LogP contribution in [0.1, 0.15) is 41.7 Å². The summed E-state index contributed by atoms with van der Waals surface area (Å²) in [4.78, 5) is 2.82. The third-order valence-corrected chi connectivity index (χ3v) is 4.89. The molecule has 0 radical (unpaired) electrons. The molecule has 0 aromatic carbocycles. The third kappa shape index (κ3) is 2.93. The van der Waals surface area contributed by atoms with E-state index in [0.29, 0.717) is 0 Å². The highest BCUT2D eigenvalue weighted by molar-refractivity contribution is 7.14. The first-order chi connectivity index (χ1) is 8.38. The maximum absolute atomic E-state index is 2.41. The smallest absolute Gasteiger partial charge is 0.0383 e. The van der Waals surface area contributed by atoms with Gasteiger partial charge in [0.2, 0.25) is 0 Å². The van der Waals surface area contributed by atoms with Crippen LogP contribution >= 0.6 is 22.7 Å². The minimum Gasteiger partial charge on any atom is -0.144 e. The summed E-state index contributed by atoms with van der Waals surface area (Å²) in [6, 6.07) is 4.42. The Balaban J connectivity index is 2.60. The predicted octanol–water partition coefficient (Wildman–Crippen LogP) is 5.90. The van der Waals surface area contributed by atoms with Gasteiger partial charge in [-0.15, -0.1) is 22.7 Å². The van der Waals surface area contributed by atoms with E-state index in [1.807, 2.05) is 22.7 Å². The highest BCUT2D eigenvalue weighted by atomic mass is 32.1. The maximum Gasteiger partial charge on any atom is 0.0383 e. The van der Waals surface area contributed by atoms with E-state index in [1.54, 1.807) is 0 Å². The van der Waals surface area contributed by atoms with Crippen molar-refractivity contribution in [2.45, 2.75) is 34.6 Å². The summed E-state index contributed by atoms with van der Waals surface area (Å²) in [5.74, 6) is 0. The van der Waals surface area contributed by atoms with Crippen LogP contribution in [0.25, 0.3) is 5.57 Å². The van der Waals surface area contributed by atoms with Crippen molar-refractivity contribution >= 4 is 28.2 Å². The Bertz CT molecular complexity index is 520. The van der Waals surface area contributed by atoms with Gasteiger partial charge in [0, 0.05) is 15.3 Å². The molecule has 0 fully saturated rings. The Morgan fingerprint density at radius 1 is 0.944 bits per heavy atom. The Morgan fingerprint density at radius 2 is 1.39 bits per heavy atom. The van der Waals surface area contributed by atoms with Gasteiger partial charge in [-0.25, -0.2) is 0 Å². The largest absolute Gasteiger partial charge is 0.144 e. The van der Waals surface area contributed by atoms with E-state index in [4.69, 9.17) is 0 Å². The Labute approximate surface area is 118 Å². The number of hydrogen-bond donors (Lipinski definition) is 0. The second kappa shape index (κ2) is 5.02. The lowest BCUT2D eigenvalue weighted by Gasteiger charge is -2.16. The van der Waals surface area contributed by atoms with Gasteiger partial charge in [0.15, 0.2) is 0 Å². The molecule has 0 atom stereocenters. The lowest BCUT2D eigenvalue weighted by molar-refractivity contribution is 0.546. The van der Waals surface area contributed by atoms with Crippen LogP contribution in [0.15, 0.2) is 29.0 Å². The molecule has 0 bridgehead atoms. The molecule has 2 heteroatoms. The zero-order valence-corrected chi connectivity index (χ0v) is 13.3. The summed E-state index contributed by atoms with van der Waals surface area (Å²) in [5, 5.41) is 4.37. The average Bonchev–Trinajstić information content (AvgIpc) is 2.83. The van der Waals surface area contributed by atoms with Gasteiger partial charge in [-0.05, 0) is 53.3 Å². The summed E-state index contributed by atoms with van der Waals surface area (Å²) >= 11 is 3.69. The molecule has 2 aromatic heterocycles. The molecule has 0 saturated heterocycles. The minimum absolute atomic E-state index is 0.197. The fourth-order valence-electron chi connectivity index (χ4n) is 1.96. The zero-order valence-electron chi connectivity index (χ0n) is 11.7. The molecule has 96 valence electrons. The van der Waals surface area contributed by atoms with Gasteiger partial charge in [0.1, 0.15) is 0 Å². The van der Waals surface area contributed by atoms with Crippen molar-refractivity contribution in [3.63, 3.8) is 0 Å². The lowest BCUT2D eigenvalue weighted by atomic mass is 9.91. The van der Waals surface area contributed by atoms with Crippen molar-refractivity contribution in [3.8, 4) is 0 Å². The van der Waals surface area contributed by atoms with E-state index in [9.17, 15) is 0 Å². The quantitative estimate of drug-likeness (QED) is 0.640. The van der Waals surface area contributed by atoms with Crippen LogP contribution in [0.2, 0.25) is 0 Å². The van der Waals surface area contributed by atoms with Gasteiger partial charge in [-0.1, -0.05) is 26.8 Å². The van der Waals surface area contributed by atoms with Crippen LogP contribution in [0.4, 0.5) is 0 Å². The third-order valence-electron chi connectivity index (χ3n) is 2.79.